The minimum absolute atomic E-state index is 0.00934. The lowest BCUT2D eigenvalue weighted by atomic mass is 10.2. The topological polar surface area (TPSA) is 75.7 Å². The number of carbonyl (C=O) groups is 1. The zero-order valence-corrected chi connectivity index (χ0v) is 17.1. The number of alkyl halides is 3. The largest absolute Gasteiger partial charge is 0.492 e. The molecule has 2 aromatic rings. The van der Waals surface area contributed by atoms with Gasteiger partial charge in [-0.05, 0) is 42.5 Å². The number of benzene rings is 2. The van der Waals surface area contributed by atoms with Gasteiger partial charge in [-0.15, -0.1) is 0 Å². The van der Waals surface area contributed by atoms with Crippen LogP contribution < -0.4 is 14.4 Å². The molecule has 0 aliphatic heterocycles. The number of sulfonamides is 1. The van der Waals surface area contributed by atoms with E-state index in [1.54, 1.807) is 0 Å². The van der Waals surface area contributed by atoms with Crippen LogP contribution in [0.25, 0.3) is 0 Å². The summed E-state index contributed by atoms with van der Waals surface area (Å²) in [5.74, 6) is -0.830. The second-order valence-corrected chi connectivity index (χ2v) is 8.40. The standard InChI is InChI=1S/C18H17ClF4N2O4S/c1-30(27,28)25(13-4-7-16(19)15(10-13)18(21,22)23)11-17(26)24-8-9-29-14-5-2-12(20)3-6-14/h2-7,10H,8-9,11H2,1H3,(H,24,26). The normalized spacial score (nSPS) is 11.8. The van der Waals surface area contributed by atoms with Crippen molar-refractivity contribution in [1.29, 1.82) is 0 Å². The molecule has 30 heavy (non-hydrogen) atoms. The van der Waals surface area contributed by atoms with Crippen molar-refractivity contribution in [3.63, 3.8) is 0 Å². The van der Waals surface area contributed by atoms with E-state index in [2.05, 4.69) is 5.32 Å². The van der Waals surface area contributed by atoms with Gasteiger partial charge >= 0.3 is 6.18 Å². The van der Waals surface area contributed by atoms with Crippen LogP contribution in [-0.2, 0) is 21.0 Å². The number of halogens is 5. The Morgan fingerprint density at radius 3 is 2.37 bits per heavy atom. The SMILES string of the molecule is CS(=O)(=O)N(CC(=O)NCCOc1ccc(F)cc1)c1ccc(Cl)c(C(F)(F)F)c1. The number of nitrogens with one attached hydrogen (secondary N) is 1. The predicted octanol–water partition coefficient (Wildman–Crippen LogP) is 3.46. The summed E-state index contributed by atoms with van der Waals surface area (Å²) in [7, 11) is -4.07. The summed E-state index contributed by atoms with van der Waals surface area (Å²) in [6.45, 7) is -0.744. The summed E-state index contributed by atoms with van der Waals surface area (Å²) < 4.78 is 81.9. The van der Waals surface area contributed by atoms with E-state index in [9.17, 15) is 30.8 Å². The van der Waals surface area contributed by atoms with E-state index in [0.717, 1.165) is 18.4 Å². The first kappa shape index (κ1) is 23.7. The molecular weight excluding hydrogens is 452 g/mol. The third kappa shape index (κ3) is 6.77. The highest BCUT2D eigenvalue weighted by Crippen LogP contribution is 2.37. The zero-order chi connectivity index (χ0) is 22.5. The van der Waals surface area contributed by atoms with Crippen LogP contribution in [0.5, 0.6) is 5.75 Å². The third-order valence-electron chi connectivity index (χ3n) is 3.74. The predicted molar refractivity (Wildman–Crippen MR) is 104 cm³/mol. The van der Waals surface area contributed by atoms with Gasteiger partial charge in [0.05, 0.1) is 29.1 Å². The van der Waals surface area contributed by atoms with Crippen LogP contribution in [-0.4, -0.2) is 40.3 Å². The minimum atomic E-state index is -4.80. The van der Waals surface area contributed by atoms with Crippen LogP contribution in [0.3, 0.4) is 0 Å². The van der Waals surface area contributed by atoms with E-state index in [0.29, 0.717) is 16.1 Å². The number of nitrogens with zero attached hydrogens (tertiary/aromatic N) is 1. The third-order valence-corrected chi connectivity index (χ3v) is 5.21. The van der Waals surface area contributed by atoms with Crippen molar-refractivity contribution in [2.45, 2.75) is 6.18 Å². The Morgan fingerprint density at radius 2 is 1.80 bits per heavy atom. The molecular formula is C18H17ClF4N2O4S. The molecule has 6 nitrogen and oxygen atoms in total. The van der Waals surface area contributed by atoms with Gasteiger partial charge in [-0.3, -0.25) is 9.10 Å². The first-order chi connectivity index (χ1) is 13.9. The van der Waals surface area contributed by atoms with Crippen molar-refractivity contribution < 1.29 is 35.5 Å². The Labute approximate surface area is 175 Å². The molecule has 0 aromatic heterocycles. The summed E-state index contributed by atoms with van der Waals surface area (Å²) in [6, 6.07) is 7.71. The number of rotatable bonds is 8. The van der Waals surface area contributed by atoms with Crippen molar-refractivity contribution >= 4 is 33.2 Å². The molecule has 0 heterocycles. The first-order valence-electron chi connectivity index (χ1n) is 8.37. The molecule has 0 bridgehead atoms. The number of amides is 1. The van der Waals surface area contributed by atoms with E-state index < -0.39 is 45.1 Å². The van der Waals surface area contributed by atoms with Gasteiger partial charge in [0.1, 0.15) is 24.7 Å². The fourth-order valence-electron chi connectivity index (χ4n) is 2.36. The van der Waals surface area contributed by atoms with E-state index in [-0.39, 0.29) is 18.8 Å². The van der Waals surface area contributed by atoms with Gasteiger partial charge in [-0.25, -0.2) is 12.8 Å². The van der Waals surface area contributed by atoms with E-state index >= 15 is 0 Å². The molecule has 0 spiro atoms. The van der Waals surface area contributed by atoms with E-state index in [1.165, 1.54) is 24.3 Å². The zero-order valence-electron chi connectivity index (χ0n) is 15.5. The smallest absolute Gasteiger partial charge is 0.417 e. The molecule has 0 unspecified atom stereocenters. The van der Waals surface area contributed by atoms with Gasteiger partial charge in [0.2, 0.25) is 15.9 Å². The Kier molecular flexibility index (Phi) is 7.54. The average Bonchev–Trinajstić information content (AvgIpc) is 2.63. The quantitative estimate of drug-likeness (QED) is 0.475. The van der Waals surface area contributed by atoms with Crippen molar-refractivity contribution in [1.82, 2.24) is 5.32 Å². The fourth-order valence-corrected chi connectivity index (χ4v) is 3.44. The molecule has 0 saturated carbocycles. The number of carbonyl (C=O) groups excluding carboxylic acids is 1. The lowest BCUT2D eigenvalue weighted by molar-refractivity contribution is -0.137. The fraction of sp³-hybridized carbons (Fsp3) is 0.278. The van der Waals surface area contributed by atoms with Crippen LogP contribution in [0, 0.1) is 5.82 Å². The Bertz CT molecular complexity index is 998. The first-order valence-corrected chi connectivity index (χ1v) is 10.6. The summed E-state index contributed by atoms with van der Waals surface area (Å²) in [4.78, 5) is 12.1. The molecule has 1 amide bonds. The molecule has 0 atom stereocenters. The molecule has 0 fully saturated rings. The molecule has 2 rings (SSSR count). The maximum absolute atomic E-state index is 13.1. The molecule has 12 heteroatoms. The van der Waals surface area contributed by atoms with Crippen LogP contribution in [0.1, 0.15) is 5.56 Å². The molecule has 0 aliphatic carbocycles. The summed E-state index contributed by atoms with van der Waals surface area (Å²) >= 11 is 5.55. The van der Waals surface area contributed by atoms with Crippen molar-refractivity contribution in [2.24, 2.45) is 0 Å². The molecule has 0 radical (unpaired) electrons. The maximum Gasteiger partial charge on any atom is 0.417 e. The maximum atomic E-state index is 13.1. The molecule has 2 aromatic carbocycles. The second kappa shape index (κ2) is 9.52. The van der Waals surface area contributed by atoms with Crippen molar-refractivity contribution in [2.75, 3.05) is 30.3 Å². The molecule has 164 valence electrons. The Balaban J connectivity index is 2.03. The van der Waals surface area contributed by atoms with Crippen molar-refractivity contribution in [3.8, 4) is 5.75 Å². The van der Waals surface area contributed by atoms with Gasteiger partial charge in [-0.1, -0.05) is 11.6 Å². The van der Waals surface area contributed by atoms with Gasteiger partial charge in [0, 0.05) is 0 Å². The highest BCUT2D eigenvalue weighted by molar-refractivity contribution is 7.92. The lowest BCUT2D eigenvalue weighted by Crippen LogP contribution is -2.41. The van der Waals surface area contributed by atoms with Crippen LogP contribution >= 0.6 is 11.6 Å². The molecule has 0 saturated heterocycles. The average molecular weight is 469 g/mol. The number of hydrogen-bond donors (Lipinski definition) is 1. The van der Waals surface area contributed by atoms with E-state index in [1.807, 2.05) is 0 Å². The number of ether oxygens (including phenoxy) is 1. The highest BCUT2D eigenvalue weighted by Gasteiger charge is 2.34. The summed E-state index contributed by atoms with van der Waals surface area (Å²) in [5, 5.41) is 1.81. The second-order valence-electron chi connectivity index (χ2n) is 6.08. The summed E-state index contributed by atoms with van der Waals surface area (Å²) in [5.41, 5.74) is -1.57. The van der Waals surface area contributed by atoms with Crippen LogP contribution in [0.2, 0.25) is 5.02 Å². The monoisotopic (exact) mass is 468 g/mol. The highest BCUT2D eigenvalue weighted by atomic mass is 35.5. The summed E-state index contributed by atoms with van der Waals surface area (Å²) in [6.07, 6.45) is -4.03. The number of anilines is 1. The van der Waals surface area contributed by atoms with Crippen LogP contribution in [0.15, 0.2) is 42.5 Å². The van der Waals surface area contributed by atoms with Crippen molar-refractivity contribution in [3.05, 3.63) is 58.9 Å². The van der Waals surface area contributed by atoms with Gasteiger partial charge < -0.3 is 10.1 Å². The minimum Gasteiger partial charge on any atom is -0.492 e. The molecule has 0 aliphatic rings. The number of hydrogen-bond acceptors (Lipinski definition) is 4. The van der Waals surface area contributed by atoms with Gasteiger partial charge in [0.25, 0.3) is 0 Å². The van der Waals surface area contributed by atoms with Gasteiger partial charge in [0.15, 0.2) is 0 Å². The van der Waals surface area contributed by atoms with Crippen LogP contribution in [0.4, 0.5) is 23.2 Å². The lowest BCUT2D eigenvalue weighted by Gasteiger charge is -2.23. The Hall–Kier alpha value is -2.53. The molecule has 1 N–H and O–H groups in total. The Morgan fingerprint density at radius 1 is 1.17 bits per heavy atom. The van der Waals surface area contributed by atoms with E-state index in [4.69, 9.17) is 16.3 Å². The van der Waals surface area contributed by atoms with Gasteiger partial charge in [-0.2, -0.15) is 13.2 Å².